The average molecular weight is 461 g/mol. The van der Waals surface area contributed by atoms with E-state index in [4.69, 9.17) is 14.3 Å². The number of rotatable bonds is 8. The lowest BCUT2D eigenvalue weighted by atomic mass is 9.99. The number of aliphatic hydroxyl groups excluding tert-OH is 1. The highest BCUT2D eigenvalue weighted by molar-refractivity contribution is 6.46. The molecule has 0 bridgehead atoms. The van der Waals surface area contributed by atoms with Crippen LogP contribution in [-0.2, 0) is 16.1 Å². The Hall–Kier alpha value is -4.33. The molecule has 174 valence electrons. The number of carboxylic acids is 1. The van der Waals surface area contributed by atoms with E-state index in [1.165, 1.54) is 23.3 Å². The van der Waals surface area contributed by atoms with Gasteiger partial charge in [0.05, 0.1) is 24.0 Å². The van der Waals surface area contributed by atoms with Gasteiger partial charge in [0.2, 0.25) is 0 Å². The summed E-state index contributed by atoms with van der Waals surface area (Å²) in [4.78, 5) is 38.4. The van der Waals surface area contributed by atoms with E-state index in [0.29, 0.717) is 29.2 Å². The van der Waals surface area contributed by atoms with Gasteiger partial charge in [0.15, 0.2) is 0 Å². The van der Waals surface area contributed by atoms with E-state index < -0.39 is 23.7 Å². The predicted octanol–water partition coefficient (Wildman–Crippen LogP) is 4.39. The Balaban J connectivity index is 1.71. The number of nitrogens with zero attached hydrogens (tertiary/aromatic N) is 1. The van der Waals surface area contributed by atoms with Crippen LogP contribution in [0.5, 0.6) is 5.75 Å². The minimum atomic E-state index is -1.06. The fourth-order valence-corrected chi connectivity index (χ4v) is 3.82. The van der Waals surface area contributed by atoms with Crippen LogP contribution >= 0.6 is 0 Å². The molecule has 3 aromatic rings. The minimum absolute atomic E-state index is 0.0242. The van der Waals surface area contributed by atoms with Crippen LogP contribution in [0.4, 0.5) is 0 Å². The van der Waals surface area contributed by atoms with Crippen molar-refractivity contribution in [2.24, 2.45) is 0 Å². The van der Waals surface area contributed by atoms with Crippen molar-refractivity contribution < 1.29 is 33.8 Å². The van der Waals surface area contributed by atoms with Gasteiger partial charge < -0.3 is 24.3 Å². The van der Waals surface area contributed by atoms with Gasteiger partial charge >= 0.3 is 5.97 Å². The third-order valence-electron chi connectivity index (χ3n) is 5.51. The second kappa shape index (κ2) is 9.66. The van der Waals surface area contributed by atoms with Crippen molar-refractivity contribution in [2.75, 3.05) is 6.61 Å². The van der Waals surface area contributed by atoms with Gasteiger partial charge in [-0.1, -0.05) is 19.1 Å². The Morgan fingerprint density at radius 1 is 1.00 bits per heavy atom. The van der Waals surface area contributed by atoms with Crippen molar-refractivity contribution in [1.29, 1.82) is 0 Å². The van der Waals surface area contributed by atoms with Crippen LogP contribution in [0, 0.1) is 0 Å². The molecule has 1 fully saturated rings. The van der Waals surface area contributed by atoms with Crippen molar-refractivity contribution >= 4 is 23.4 Å². The molecule has 0 spiro atoms. The fourth-order valence-electron chi connectivity index (χ4n) is 3.82. The highest BCUT2D eigenvalue weighted by atomic mass is 16.5. The molecule has 8 heteroatoms. The molecule has 0 aliphatic carbocycles. The lowest BCUT2D eigenvalue weighted by Gasteiger charge is -2.23. The predicted molar refractivity (Wildman–Crippen MR) is 122 cm³/mol. The standard InChI is InChI=1S/C26H23NO7/c1-2-13-33-19-11-9-17(10-12-19)23(28)21-22(20-4-3-14-34-20)27(25(30)24(21)29)15-16-5-7-18(8-6-16)26(31)32/h3-12,14,22,28H,2,13,15H2,1H3,(H,31,32)/b23-21-. The molecule has 4 rings (SSSR count). The zero-order valence-corrected chi connectivity index (χ0v) is 18.4. The Morgan fingerprint density at radius 2 is 1.68 bits per heavy atom. The molecule has 1 unspecified atom stereocenters. The van der Waals surface area contributed by atoms with Crippen LogP contribution in [0.2, 0.25) is 0 Å². The summed E-state index contributed by atoms with van der Waals surface area (Å²) in [5.74, 6) is -2.03. The summed E-state index contributed by atoms with van der Waals surface area (Å²) in [5, 5.41) is 20.2. The van der Waals surface area contributed by atoms with Gasteiger partial charge in [-0.2, -0.15) is 0 Å². The van der Waals surface area contributed by atoms with Crippen molar-refractivity contribution in [3.63, 3.8) is 0 Å². The van der Waals surface area contributed by atoms with Gasteiger partial charge in [0.25, 0.3) is 11.7 Å². The molecular formula is C26H23NO7. The first-order valence-electron chi connectivity index (χ1n) is 10.8. The zero-order valence-electron chi connectivity index (χ0n) is 18.4. The average Bonchev–Trinajstić information content (AvgIpc) is 3.46. The second-order valence-corrected chi connectivity index (χ2v) is 7.82. The number of carbonyl (C=O) groups is 3. The van der Waals surface area contributed by atoms with E-state index in [-0.39, 0.29) is 23.4 Å². The summed E-state index contributed by atoms with van der Waals surface area (Å²) in [6.45, 7) is 2.58. The van der Waals surface area contributed by atoms with Crippen molar-refractivity contribution in [1.82, 2.24) is 4.90 Å². The topological polar surface area (TPSA) is 117 Å². The first kappa shape index (κ1) is 22.8. The molecule has 1 aliphatic rings. The fraction of sp³-hybridized carbons (Fsp3) is 0.192. The minimum Gasteiger partial charge on any atom is -0.507 e. The number of likely N-dealkylation sites (tertiary alicyclic amines) is 1. The van der Waals surface area contributed by atoms with E-state index in [1.54, 1.807) is 48.5 Å². The molecule has 1 atom stereocenters. The highest BCUT2D eigenvalue weighted by Crippen LogP contribution is 2.40. The number of ketones is 1. The largest absolute Gasteiger partial charge is 0.507 e. The third kappa shape index (κ3) is 4.43. The monoisotopic (exact) mass is 461 g/mol. The van der Waals surface area contributed by atoms with Crippen LogP contribution in [0.15, 0.2) is 76.9 Å². The molecule has 8 nitrogen and oxygen atoms in total. The first-order valence-corrected chi connectivity index (χ1v) is 10.8. The quantitative estimate of drug-likeness (QED) is 0.290. The number of carboxylic acid groups (broad SMARTS) is 1. The molecule has 2 N–H and O–H groups in total. The number of aromatic carboxylic acids is 1. The number of carbonyl (C=O) groups excluding carboxylic acids is 2. The number of hydrogen-bond donors (Lipinski definition) is 2. The number of amides is 1. The van der Waals surface area contributed by atoms with Crippen molar-refractivity contribution in [3.05, 3.63) is 95.0 Å². The molecule has 1 saturated heterocycles. The van der Waals surface area contributed by atoms with Crippen LogP contribution in [-0.4, -0.2) is 39.4 Å². The molecule has 2 aromatic carbocycles. The number of aliphatic hydroxyl groups is 1. The van der Waals surface area contributed by atoms with E-state index >= 15 is 0 Å². The van der Waals surface area contributed by atoms with Gasteiger partial charge in [0.1, 0.15) is 23.3 Å². The molecule has 34 heavy (non-hydrogen) atoms. The molecule has 1 aliphatic heterocycles. The van der Waals surface area contributed by atoms with Crippen LogP contribution in [0.1, 0.15) is 46.6 Å². The number of ether oxygens (including phenoxy) is 1. The molecule has 1 aromatic heterocycles. The van der Waals surface area contributed by atoms with Gasteiger partial charge in [-0.3, -0.25) is 9.59 Å². The molecule has 0 saturated carbocycles. The second-order valence-electron chi connectivity index (χ2n) is 7.82. The van der Waals surface area contributed by atoms with Gasteiger partial charge in [0, 0.05) is 12.1 Å². The summed E-state index contributed by atoms with van der Waals surface area (Å²) >= 11 is 0. The highest BCUT2D eigenvalue weighted by Gasteiger charge is 2.47. The third-order valence-corrected chi connectivity index (χ3v) is 5.51. The summed E-state index contributed by atoms with van der Waals surface area (Å²) in [7, 11) is 0. The van der Waals surface area contributed by atoms with Crippen molar-refractivity contribution in [3.8, 4) is 5.75 Å². The zero-order chi connectivity index (χ0) is 24.2. The van der Waals surface area contributed by atoms with Crippen LogP contribution in [0.3, 0.4) is 0 Å². The van der Waals surface area contributed by atoms with Gasteiger partial charge in [-0.05, 0) is 60.5 Å². The molecule has 2 heterocycles. The summed E-state index contributed by atoms with van der Waals surface area (Å²) in [6, 6.07) is 15.0. The number of hydrogen-bond acceptors (Lipinski definition) is 6. The molecular weight excluding hydrogens is 438 g/mol. The number of furan rings is 1. The number of benzene rings is 2. The van der Waals surface area contributed by atoms with Crippen LogP contribution in [0.25, 0.3) is 5.76 Å². The summed E-state index contributed by atoms with van der Waals surface area (Å²) < 4.78 is 11.1. The summed E-state index contributed by atoms with van der Waals surface area (Å²) in [6.07, 6.45) is 2.28. The normalized spacial score (nSPS) is 17.2. The van der Waals surface area contributed by atoms with Crippen LogP contribution < -0.4 is 4.74 Å². The Kier molecular flexibility index (Phi) is 6.49. The SMILES string of the molecule is CCCOc1ccc(/C(O)=C2/C(=O)C(=O)N(Cc3ccc(C(=O)O)cc3)C2c2ccco2)cc1. The Bertz CT molecular complexity index is 1230. The Labute approximate surface area is 195 Å². The molecule has 0 radical (unpaired) electrons. The maximum absolute atomic E-state index is 13.0. The molecule has 1 amide bonds. The Morgan fingerprint density at radius 3 is 2.26 bits per heavy atom. The smallest absolute Gasteiger partial charge is 0.335 e. The van der Waals surface area contributed by atoms with E-state index in [1.807, 2.05) is 6.92 Å². The van der Waals surface area contributed by atoms with Gasteiger partial charge in [-0.15, -0.1) is 0 Å². The number of Topliss-reactive ketones (excluding diaryl/α,β-unsaturated/α-hetero) is 1. The van der Waals surface area contributed by atoms with Gasteiger partial charge in [-0.25, -0.2) is 4.79 Å². The lowest BCUT2D eigenvalue weighted by molar-refractivity contribution is -0.140. The maximum atomic E-state index is 13.0. The summed E-state index contributed by atoms with van der Waals surface area (Å²) in [5.41, 5.74) is 1.02. The van der Waals surface area contributed by atoms with E-state index in [9.17, 15) is 19.5 Å². The maximum Gasteiger partial charge on any atom is 0.335 e. The lowest BCUT2D eigenvalue weighted by Crippen LogP contribution is -2.29. The van der Waals surface area contributed by atoms with E-state index in [0.717, 1.165) is 6.42 Å². The van der Waals surface area contributed by atoms with E-state index in [2.05, 4.69) is 0 Å². The first-order chi connectivity index (χ1) is 16.4. The van der Waals surface area contributed by atoms with Crippen molar-refractivity contribution in [2.45, 2.75) is 25.9 Å².